The van der Waals surface area contributed by atoms with Gasteiger partial charge in [-0.3, -0.25) is 9.78 Å². The number of carbonyl (C=O) groups excluding carboxylic acids is 1. The summed E-state index contributed by atoms with van der Waals surface area (Å²) in [5.74, 6) is -0.653. The molecule has 1 aliphatic heterocycles. The molecule has 2 aliphatic carbocycles. The molecule has 0 spiro atoms. The van der Waals surface area contributed by atoms with E-state index in [1.807, 2.05) is 6.07 Å². The Morgan fingerprint density at radius 1 is 1.28 bits per heavy atom. The topological polar surface area (TPSA) is 82.5 Å². The number of hydrogen-bond acceptors (Lipinski definition) is 3. The fourth-order valence-corrected chi connectivity index (χ4v) is 4.80. The number of fused-ring (bicyclic) bond motifs is 2. The normalized spacial score (nSPS) is 27.7. The van der Waals surface area contributed by atoms with E-state index in [2.05, 4.69) is 16.4 Å². The molecule has 0 radical (unpaired) electrons. The minimum Gasteiger partial charge on any atom is -0.481 e. The summed E-state index contributed by atoms with van der Waals surface area (Å²) < 4.78 is 0. The highest BCUT2D eigenvalue weighted by Crippen LogP contribution is 2.48. The van der Waals surface area contributed by atoms with E-state index >= 15 is 0 Å². The quantitative estimate of drug-likeness (QED) is 0.882. The molecule has 2 fully saturated rings. The number of amides is 2. The molecule has 0 aromatic carbocycles. The predicted octanol–water partition coefficient (Wildman–Crippen LogP) is 2.36. The Morgan fingerprint density at radius 2 is 2.12 bits per heavy atom. The lowest BCUT2D eigenvalue weighted by Gasteiger charge is -2.23. The zero-order valence-corrected chi connectivity index (χ0v) is 14.5. The highest BCUT2D eigenvalue weighted by molar-refractivity contribution is 5.80. The third-order valence-electron chi connectivity index (χ3n) is 6.24. The van der Waals surface area contributed by atoms with E-state index in [1.165, 1.54) is 24.1 Å². The monoisotopic (exact) mass is 343 g/mol. The third-order valence-corrected chi connectivity index (χ3v) is 6.24. The van der Waals surface area contributed by atoms with Gasteiger partial charge in [0.15, 0.2) is 0 Å². The van der Waals surface area contributed by atoms with Crippen molar-refractivity contribution < 1.29 is 14.7 Å². The van der Waals surface area contributed by atoms with Crippen molar-refractivity contribution in [2.75, 3.05) is 13.1 Å². The lowest BCUT2D eigenvalue weighted by molar-refractivity contribution is -0.149. The van der Waals surface area contributed by atoms with E-state index in [-0.39, 0.29) is 11.9 Å². The SMILES string of the molecule is O=C(NCc1ccc2c(n1)CCCC2)N1C[C@@H]2CCC[C@@]2(C(=O)O)C1. The fraction of sp³-hybridized carbons (Fsp3) is 0.632. The Morgan fingerprint density at radius 3 is 2.92 bits per heavy atom. The molecular formula is C19H25N3O3. The van der Waals surface area contributed by atoms with Crippen molar-refractivity contribution in [2.24, 2.45) is 11.3 Å². The number of rotatable bonds is 3. The number of aliphatic carboxylic acids is 1. The molecule has 2 heterocycles. The largest absolute Gasteiger partial charge is 0.481 e. The Bertz CT molecular complexity index is 705. The maximum absolute atomic E-state index is 12.5. The van der Waals surface area contributed by atoms with E-state index in [1.54, 1.807) is 4.90 Å². The van der Waals surface area contributed by atoms with E-state index in [4.69, 9.17) is 0 Å². The van der Waals surface area contributed by atoms with Crippen LogP contribution in [0.2, 0.25) is 0 Å². The van der Waals surface area contributed by atoms with Crippen molar-refractivity contribution in [1.29, 1.82) is 0 Å². The summed E-state index contributed by atoms with van der Waals surface area (Å²) in [6.07, 6.45) is 7.07. The molecule has 1 saturated carbocycles. The number of urea groups is 1. The van der Waals surface area contributed by atoms with Gasteiger partial charge in [-0.1, -0.05) is 12.5 Å². The second-order valence-electron chi connectivity index (χ2n) is 7.71. The van der Waals surface area contributed by atoms with Crippen LogP contribution in [0.3, 0.4) is 0 Å². The summed E-state index contributed by atoms with van der Waals surface area (Å²) in [7, 11) is 0. The number of nitrogens with zero attached hydrogens (tertiary/aromatic N) is 2. The average Bonchev–Trinajstić information content (AvgIpc) is 3.18. The Kier molecular flexibility index (Phi) is 4.13. The minimum absolute atomic E-state index is 0.0950. The number of carboxylic acid groups (broad SMARTS) is 1. The van der Waals surface area contributed by atoms with Crippen molar-refractivity contribution in [3.8, 4) is 0 Å². The van der Waals surface area contributed by atoms with Crippen molar-refractivity contribution in [2.45, 2.75) is 51.5 Å². The lowest BCUT2D eigenvalue weighted by Crippen LogP contribution is -2.41. The molecule has 25 heavy (non-hydrogen) atoms. The molecule has 1 aromatic rings. The van der Waals surface area contributed by atoms with Crippen LogP contribution in [0.25, 0.3) is 0 Å². The predicted molar refractivity (Wildman–Crippen MR) is 92.1 cm³/mol. The Hall–Kier alpha value is -2.11. The van der Waals surface area contributed by atoms with Crippen LogP contribution >= 0.6 is 0 Å². The molecule has 4 rings (SSSR count). The highest BCUT2D eigenvalue weighted by Gasteiger charge is 2.55. The van der Waals surface area contributed by atoms with Crippen LogP contribution in [0.15, 0.2) is 12.1 Å². The van der Waals surface area contributed by atoms with Crippen LogP contribution in [0.5, 0.6) is 0 Å². The standard InChI is InChI=1S/C19H25N3O3/c23-17(24)19-9-3-5-14(19)11-22(12-19)18(25)20-10-15-8-7-13-4-1-2-6-16(13)21-15/h7-8,14H,1-6,9-12H2,(H,20,25)(H,23,24)/t14-,19+/m0/s1. The van der Waals surface area contributed by atoms with Crippen LogP contribution in [0, 0.1) is 11.3 Å². The number of carboxylic acids is 1. The van der Waals surface area contributed by atoms with Gasteiger partial charge in [0.25, 0.3) is 0 Å². The van der Waals surface area contributed by atoms with Crippen molar-refractivity contribution >= 4 is 12.0 Å². The molecule has 2 atom stereocenters. The number of aromatic nitrogens is 1. The first-order valence-corrected chi connectivity index (χ1v) is 9.32. The van der Waals surface area contributed by atoms with Crippen molar-refractivity contribution in [3.63, 3.8) is 0 Å². The number of nitrogens with one attached hydrogen (secondary N) is 1. The minimum atomic E-state index is -0.748. The molecule has 134 valence electrons. The van der Waals surface area contributed by atoms with Gasteiger partial charge in [0.2, 0.25) is 0 Å². The summed E-state index contributed by atoms with van der Waals surface area (Å²) in [5.41, 5.74) is 2.65. The molecule has 3 aliphatic rings. The molecule has 6 heteroatoms. The molecule has 1 aromatic heterocycles. The molecular weight excluding hydrogens is 318 g/mol. The van der Waals surface area contributed by atoms with Crippen LogP contribution in [0.1, 0.15) is 49.1 Å². The Balaban J connectivity index is 1.38. The maximum atomic E-state index is 12.5. The lowest BCUT2D eigenvalue weighted by atomic mass is 9.81. The summed E-state index contributed by atoms with van der Waals surface area (Å²) >= 11 is 0. The van der Waals surface area contributed by atoms with E-state index in [0.29, 0.717) is 26.1 Å². The number of pyridine rings is 1. The average molecular weight is 343 g/mol. The highest BCUT2D eigenvalue weighted by atomic mass is 16.4. The second kappa shape index (κ2) is 6.32. The number of aryl methyl sites for hydroxylation is 2. The van der Waals surface area contributed by atoms with Crippen molar-refractivity contribution in [3.05, 3.63) is 29.1 Å². The zero-order valence-electron chi connectivity index (χ0n) is 14.5. The van der Waals surface area contributed by atoms with E-state index < -0.39 is 11.4 Å². The van der Waals surface area contributed by atoms with Gasteiger partial charge in [-0.05, 0) is 56.1 Å². The molecule has 2 amide bonds. The molecule has 0 unspecified atom stereocenters. The number of hydrogen-bond donors (Lipinski definition) is 2. The Labute approximate surface area is 147 Å². The van der Waals surface area contributed by atoms with Crippen molar-refractivity contribution in [1.82, 2.24) is 15.2 Å². The van der Waals surface area contributed by atoms with Gasteiger partial charge >= 0.3 is 12.0 Å². The molecule has 0 bridgehead atoms. The van der Waals surface area contributed by atoms with E-state index in [0.717, 1.165) is 31.4 Å². The van der Waals surface area contributed by atoms with Gasteiger partial charge in [0.1, 0.15) is 0 Å². The first kappa shape index (κ1) is 16.4. The first-order chi connectivity index (χ1) is 12.1. The van der Waals surface area contributed by atoms with Gasteiger partial charge in [-0.2, -0.15) is 0 Å². The van der Waals surface area contributed by atoms with Gasteiger partial charge < -0.3 is 15.3 Å². The molecule has 1 saturated heterocycles. The summed E-state index contributed by atoms with van der Waals surface area (Å²) in [4.78, 5) is 30.6. The smallest absolute Gasteiger partial charge is 0.317 e. The van der Waals surface area contributed by atoms with Gasteiger partial charge in [0.05, 0.1) is 17.7 Å². The number of carbonyl (C=O) groups is 2. The zero-order chi connectivity index (χ0) is 17.4. The molecule has 2 N–H and O–H groups in total. The summed E-state index contributed by atoms with van der Waals surface area (Å²) in [5, 5.41) is 12.6. The summed E-state index contributed by atoms with van der Waals surface area (Å²) in [6, 6.07) is 3.94. The van der Waals surface area contributed by atoms with Crippen LogP contribution in [0.4, 0.5) is 4.79 Å². The van der Waals surface area contributed by atoms with Gasteiger partial charge in [-0.15, -0.1) is 0 Å². The van der Waals surface area contributed by atoms with Crippen LogP contribution in [-0.2, 0) is 24.2 Å². The second-order valence-corrected chi connectivity index (χ2v) is 7.71. The molecule has 6 nitrogen and oxygen atoms in total. The van der Waals surface area contributed by atoms with Crippen LogP contribution in [-0.4, -0.2) is 40.1 Å². The third kappa shape index (κ3) is 2.87. The first-order valence-electron chi connectivity index (χ1n) is 9.32. The fourth-order valence-electron chi connectivity index (χ4n) is 4.80. The van der Waals surface area contributed by atoms with Gasteiger partial charge in [0, 0.05) is 18.8 Å². The maximum Gasteiger partial charge on any atom is 0.317 e. The summed E-state index contributed by atoms with van der Waals surface area (Å²) in [6.45, 7) is 1.28. The van der Waals surface area contributed by atoms with E-state index in [9.17, 15) is 14.7 Å². The van der Waals surface area contributed by atoms with Gasteiger partial charge in [-0.25, -0.2) is 4.79 Å². The van der Waals surface area contributed by atoms with Crippen LogP contribution < -0.4 is 5.32 Å². The number of likely N-dealkylation sites (tertiary alicyclic amines) is 1.